The van der Waals surface area contributed by atoms with Crippen LogP contribution in [0.3, 0.4) is 0 Å². The second kappa shape index (κ2) is 4.20. The number of rotatable bonds is 3. The van der Waals surface area contributed by atoms with Crippen LogP contribution in [0.2, 0.25) is 5.02 Å². The van der Waals surface area contributed by atoms with Gasteiger partial charge in [0.05, 0.1) is 16.0 Å². The zero-order chi connectivity index (χ0) is 11.8. The molecule has 0 bridgehead atoms. The number of halogens is 1. The summed E-state index contributed by atoms with van der Waals surface area (Å²) in [5.74, 6) is 0.0314. The molecule has 4 nitrogen and oxygen atoms in total. The number of anilines is 1. The number of sulfonamides is 1. The minimum atomic E-state index is -3.27. The monoisotopic (exact) mass is 276 g/mol. The Morgan fingerprint density at radius 2 is 2.25 bits per heavy atom. The molecule has 7 heteroatoms. The number of aromatic nitrogens is 1. The lowest BCUT2D eigenvalue weighted by Crippen LogP contribution is -2.14. The summed E-state index contributed by atoms with van der Waals surface area (Å²) in [4.78, 5) is 4.15. The molecular formula is C9H9ClN2O2S2. The van der Waals surface area contributed by atoms with E-state index >= 15 is 0 Å². The van der Waals surface area contributed by atoms with Crippen LogP contribution in [0.4, 0.5) is 5.13 Å². The molecule has 0 radical (unpaired) electrons. The fourth-order valence-electron chi connectivity index (χ4n) is 1.15. The fourth-order valence-corrected chi connectivity index (χ4v) is 3.02. The summed E-state index contributed by atoms with van der Waals surface area (Å²) >= 11 is 7.10. The van der Waals surface area contributed by atoms with Crippen LogP contribution in [0.25, 0.3) is 10.2 Å². The zero-order valence-corrected chi connectivity index (χ0v) is 10.8. The summed E-state index contributed by atoms with van der Waals surface area (Å²) in [6, 6.07) is 5.27. The number of nitrogens with one attached hydrogen (secondary N) is 1. The van der Waals surface area contributed by atoms with Crippen LogP contribution in [0.15, 0.2) is 18.2 Å². The molecule has 0 fully saturated rings. The third-order valence-corrected chi connectivity index (χ3v) is 4.55. The molecule has 2 rings (SSSR count). The third kappa shape index (κ3) is 2.45. The molecule has 1 N–H and O–H groups in total. The van der Waals surface area contributed by atoms with Crippen LogP contribution < -0.4 is 4.72 Å². The van der Waals surface area contributed by atoms with Gasteiger partial charge in [0.15, 0.2) is 5.13 Å². The predicted octanol–water partition coefficient (Wildman–Crippen LogP) is 2.71. The Morgan fingerprint density at radius 1 is 1.50 bits per heavy atom. The maximum atomic E-state index is 11.3. The van der Waals surface area contributed by atoms with Crippen molar-refractivity contribution in [2.45, 2.75) is 6.92 Å². The van der Waals surface area contributed by atoms with Crippen molar-refractivity contribution in [3.8, 4) is 0 Å². The average Bonchev–Trinajstić information content (AvgIpc) is 2.58. The van der Waals surface area contributed by atoms with Crippen LogP contribution in [-0.2, 0) is 10.0 Å². The molecule has 0 aliphatic heterocycles. The average molecular weight is 277 g/mol. The van der Waals surface area contributed by atoms with Gasteiger partial charge in [0, 0.05) is 5.02 Å². The first-order valence-electron chi connectivity index (χ1n) is 4.57. The van der Waals surface area contributed by atoms with E-state index < -0.39 is 10.0 Å². The lowest BCUT2D eigenvalue weighted by molar-refractivity contribution is 0.602. The van der Waals surface area contributed by atoms with E-state index in [-0.39, 0.29) is 5.75 Å². The highest BCUT2D eigenvalue weighted by molar-refractivity contribution is 7.92. The summed E-state index contributed by atoms with van der Waals surface area (Å²) in [5.41, 5.74) is 0.700. The Labute approximate surface area is 102 Å². The second-order valence-corrected chi connectivity index (χ2v) is 6.61. The largest absolute Gasteiger partial charge is 0.259 e. The molecule has 1 heterocycles. The van der Waals surface area contributed by atoms with Crippen molar-refractivity contribution in [1.29, 1.82) is 0 Å². The Balaban J connectivity index is 2.40. The molecule has 1 aromatic heterocycles. The molecule has 0 aliphatic rings. The molecule has 2 aromatic rings. The van der Waals surface area contributed by atoms with Crippen LogP contribution >= 0.6 is 22.9 Å². The Morgan fingerprint density at radius 3 is 2.94 bits per heavy atom. The Bertz CT molecular complexity index is 621. The minimum absolute atomic E-state index is 0.0314. The van der Waals surface area contributed by atoms with E-state index in [4.69, 9.17) is 11.6 Å². The van der Waals surface area contributed by atoms with Crippen molar-refractivity contribution in [1.82, 2.24) is 4.98 Å². The fraction of sp³-hybridized carbons (Fsp3) is 0.222. The van der Waals surface area contributed by atoms with Crippen LogP contribution in [0.5, 0.6) is 0 Å². The summed E-state index contributed by atoms with van der Waals surface area (Å²) in [7, 11) is -3.27. The van der Waals surface area contributed by atoms with E-state index in [1.807, 2.05) is 6.07 Å². The van der Waals surface area contributed by atoms with Crippen molar-refractivity contribution >= 4 is 48.3 Å². The van der Waals surface area contributed by atoms with Crippen LogP contribution in [0, 0.1) is 0 Å². The van der Waals surface area contributed by atoms with Gasteiger partial charge in [-0.15, -0.1) is 0 Å². The van der Waals surface area contributed by atoms with E-state index in [0.717, 1.165) is 4.70 Å². The zero-order valence-electron chi connectivity index (χ0n) is 8.40. The van der Waals surface area contributed by atoms with Gasteiger partial charge in [0.25, 0.3) is 0 Å². The molecule has 86 valence electrons. The number of hydrogen-bond donors (Lipinski definition) is 1. The first-order chi connectivity index (χ1) is 7.50. The van der Waals surface area contributed by atoms with E-state index in [1.165, 1.54) is 11.3 Å². The van der Waals surface area contributed by atoms with E-state index in [0.29, 0.717) is 15.7 Å². The third-order valence-electron chi connectivity index (χ3n) is 1.97. The summed E-state index contributed by atoms with van der Waals surface area (Å²) in [6.07, 6.45) is 0. The molecule has 0 amide bonds. The standard InChI is InChI=1S/C9H9ClN2O2S2/c1-2-16(13,14)12-9-11-7-5-6(10)3-4-8(7)15-9/h3-5H,2H2,1H3,(H,11,12). The van der Waals surface area contributed by atoms with Gasteiger partial charge in [-0.05, 0) is 25.1 Å². The molecule has 0 unspecified atom stereocenters. The van der Waals surface area contributed by atoms with Gasteiger partial charge in [-0.1, -0.05) is 22.9 Å². The SMILES string of the molecule is CCS(=O)(=O)Nc1nc2cc(Cl)ccc2s1. The quantitative estimate of drug-likeness (QED) is 0.938. The van der Waals surface area contributed by atoms with Gasteiger partial charge < -0.3 is 0 Å². The first kappa shape index (κ1) is 11.6. The number of fused-ring (bicyclic) bond motifs is 1. The molecule has 0 saturated carbocycles. The highest BCUT2D eigenvalue weighted by Gasteiger charge is 2.10. The number of benzene rings is 1. The van der Waals surface area contributed by atoms with Crippen molar-refractivity contribution < 1.29 is 8.42 Å². The van der Waals surface area contributed by atoms with E-state index in [2.05, 4.69) is 9.71 Å². The van der Waals surface area contributed by atoms with E-state index in [1.54, 1.807) is 19.1 Å². The molecule has 16 heavy (non-hydrogen) atoms. The number of thiazole rings is 1. The lowest BCUT2D eigenvalue weighted by Gasteiger charge is -1.99. The molecule has 0 saturated heterocycles. The maximum absolute atomic E-state index is 11.3. The molecule has 0 atom stereocenters. The lowest BCUT2D eigenvalue weighted by atomic mass is 10.3. The normalized spacial score (nSPS) is 11.9. The summed E-state index contributed by atoms with van der Waals surface area (Å²) in [6.45, 7) is 1.58. The highest BCUT2D eigenvalue weighted by Crippen LogP contribution is 2.28. The van der Waals surface area contributed by atoms with Gasteiger partial charge in [0.2, 0.25) is 10.0 Å². The van der Waals surface area contributed by atoms with Crippen molar-refractivity contribution in [2.24, 2.45) is 0 Å². The smallest absolute Gasteiger partial charge is 0.234 e. The van der Waals surface area contributed by atoms with Gasteiger partial charge >= 0.3 is 0 Å². The van der Waals surface area contributed by atoms with Crippen LogP contribution in [0.1, 0.15) is 6.92 Å². The van der Waals surface area contributed by atoms with E-state index in [9.17, 15) is 8.42 Å². The highest BCUT2D eigenvalue weighted by atomic mass is 35.5. The van der Waals surface area contributed by atoms with Gasteiger partial charge in [-0.3, -0.25) is 4.72 Å². The molecule has 0 spiro atoms. The molecule has 1 aromatic carbocycles. The van der Waals surface area contributed by atoms with Crippen molar-refractivity contribution in [3.05, 3.63) is 23.2 Å². The minimum Gasteiger partial charge on any atom is -0.259 e. The topological polar surface area (TPSA) is 59.1 Å². The molecular weight excluding hydrogens is 268 g/mol. The second-order valence-electron chi connectivity index (χ2n) is 3.14. The first-order valence-corrected chi connectivity index (χ1v) is 7.41. The molecule has 0 aliphatic carbocycles. The van der Waals surface area contributed by atoms with Gasteiger partial charge in [-0.2, -0.15) is 0 Å². The summed E-state index contributed by atoms with van der Waals surface area (Å²) < 4.78 is 26.0. The number of nitrogens with zero attached hydrogens (tertiary/aromatic N) is 1. The Kier molecular flexibility index (Phi) is 3.05. The van der Waals surface area contributed by atoms with Gasteiger partial charge in [0.1, 0.15) is 0 Å². The number of hydrogen-bond acceptors (Lipinski definition) is 4. The summed E-state index contributed by atoms with van der Waals surface area (Å²) in [5, 5.41) is 0.960. The van der Waals surface area contributed by atoms with Crippen LogP contribution in [-0.4, -0.2) is 19.2 Å². The predicted molar refractivity (Wildman–Crippen MR) is 67.7 cm³/mol. The maximum Gasteiger partial charge on any atom is 0.234 e. The van der Waals surface area contributed by atoms with Gasteiger partial charge in [-0.25, -0.2) is 13.4 Å². The Hall–Kier alpha value is -0.850. The van der Waals surface area contributed by atoms with Crippen molar-refractivity contribution in [2.75, 3.05) is 10.5 Å². The van der Waals surface area contributed by atoms with Crippen molar-refractivity contribution in [3.63, 3.8) is 0 Å².